The van der Waals surface area contributed by atoms with Crippen LogP contribution >= 0.6 is 11.6 Å². The van der Waals surface area contributed by atoms with E-state index >= 15 is 0 Å². The number of hydrogen-bond donors (Lipinski definition) is 2. The summed E-state index contributed by atoms with van der Waals surface area (Å²) in [4.78, 5) is 3.97. The Kier molecular flexibility index (Phi) is 4.13. The van der Waals surface area contributed by atoms with Gasteiger partial charge in [0.1, 0.15) is 0 Å². The van der Waals surface area contributed by atoms with Gasteiger partial charge < -0.3 is 15.8 Å². The van der Waals surface area contributed by atoms with Crippen molar-refractivity contribution in [3.8, 4) is 5.88 Å². The molecule has 0 saturated carbocycles. The molecule has 21 heavy (non-hydrogen) atoms. The van der Waals surface area contributed by atoms with Crippen LogP contribution < -0.4 is 15.8 Å². The quantitative estimate of drug-likeness (QED) is 0.895. The van der Waals surface area contributed by atoms with Crippen molar-refractivity contribution < 1.29 is 17.9 Å². The maximum absolute atomic E-state index is 13.0. The van der Waals surface area contributed by atoms with Crippen LogP contribution in [0.2, 0.25) is 5.02 Å². The second-order valence-electron chi connectivity index (χ2n) is 4.10. The van der Waals surface area contributed by atoms with Crippen LogP contribution in [-0.4, -0.2) is 12.1 Å². The minimum atomic E-state index is -4.55. The molecule has 0 bridgehead atoms. The van der Waals surface area contributed by atoms with E-state index in [-0.39, 0.29) is 28.1 Å². The molecule has 1 heterocycles. The van der Waals surface area contributed by atoms with E-state index < -0.39 is 11.7 Å². The van der Waals surface area contributed by atoms with Crippen molar-refractivity contribution in [3.63, 3.8) is 0 Å². The average Bonchev–Trinajstić information content (AvgIpc) is 2.42. The molecular weight excluding hydrogens is 307 g/mol. The summed E-state index contributed by atoms with van der Waals surface area (Å²) >= 11 is 5.62. The first-order valence-corrected chi connectivity index (χ1v) is 6.13. The highest BCUT2D eigenvalue weighted by Crippen LogP contribution is 2.38. The Morgan fingerprint density at radius 2 is 1.95 bits per heavy atom. The zero-order chi connectivity index (χ0) is 15.6. The highest BCUT2D eigenvalue weighted by Gasteiger charge is 2.34. The Morgan fingerprint density at radius 1 is 1.24 bits per heavy atom. The fourth-order valence-electron chi connectivity index (χ4n) is 1.65. The molecule has 8 heteroatoms. The van der Waals surface area contributed by atoms with E-state index in [1.54, 1.807) is 0 Å². The Morgan fingerprint density at radius 3 is 2.57 bits per heavy atom. The van der Waals surface area contributed by atoms with Gasteiger partial charge in [-0.05, 0) is 24.3 Å². The number of nitrogen functional groups attached to an aromatic ring is 1. The lowest BCUT2D eigenvalue weighted by atomic mass is 10.1. The normalized spacial score (nSPS) is 11.3. The molecule has 0 saturated heterocycles. The second kappa shape index (κ2) is 5.69. The van der Waals surface area contributed by atoms with E-state index in [4.69, 9.17) is 22.1 Å². The third kappa shape index (κ3) is 3.49. The van der Waals surface area contributed by atoms with Gasteiger partial charge in [-0.15, -0.1) is 0 Å². The minimum absolute atomic E-state index is 0.0144. The first kappa shape index (κ1) is 15.2. The van der Waals surface area contributed by atoms with Gasteiger partial charge in [-0.3, -0.25) is 0 Å². The fourth-order valence-corrected chi connectivity index (χ4v) is 1.83. The van der Waals surface area contributed by atoms with E-state index in [1.165, 1.54) is 31.4 Å². The number of aromatic nitrogens is 1. The Balaban J connectivity index is 2.45. The van der Waals surface area contributed by atoms with Crippen LogP contribution in [0.5, 0.6) is 5.88 Å². The molecule has 0 aliphatic heterocycles. The van der Waals surface area contributed by atoms with Gasteiger partial charge in [-0.1, -0.05) is 11.6 Å². The molecule has 1 aromatic heterocycles. The molecule has 1 aromatic carbocycles. The third-order valence-electron chi connectivity index (χ3n) is 2.65. The second-order valence-corrected chi connectivity index (χ2v) is 4.54. The molecule has 0 fully saturated rings. The first-order chi connectivity index (χ1) is 9.81. The number of nitrogens with two attached hydrogens (primary N) is 1. The van der Waals surface area contributed by atoms with Crippen LogP contribution in [-0.2, 0) is 6.18 Å². The predicted molar refractivity (Wildman–Crippen MR) is 74.9 cm³/mol. The SMILES string of the molecule is COc1ccc(N)c(Nc2ccc(Cl)cc2C(F)(F)F)n1. The van der Waals surface area contributed by atoms with Crippen molar-refractivity contribution in [3.05, 3.63) is 40.9 Å². The molecule has 0 amide bonds. The zero-order valence-electron chi connectivity index (χ0n) is 10.8. The maximum atomic E-state index is 13.0. The number of rotatable bonds is 3. The van der Waals surface area contributed by atoms with Crippen LogP contribution in [0.4, 0.5) is 30.4 Å². The van der Waals surface area contributed by atoms with Crippen molar-refractivity contribution in [2.24, 2.45) is 0 Å². The highest BCUT2D eigenvalue weighted by molar-refractivity contribution is 6.30. The van der Waals surface area contributed by atoms with E-state index in [1.807, 2.05) is 0 Å². The van der Waals surface area contributed by atoms with E-state index in [2.05, 4.69) is 10.3 Å². The van der Waals surface area contributed by atoms with E-state index in [0.29, 0.717) is 0 Å². The topological polar surface area (TPSA) is 60.2 Å². The number of nitrogens with one attached hydrogen (secondary N) is 1. The number of anilines is 3. The summed E-state index contributed by atoms with van der Waals surface area (Å²) in [6.07, 6.45) is -4.55. The van der Waals surface area contributed by atoms with Gasteiger partial charge in [-0.2, -0.15) is 18.2 Å². The lowest BCUT2D eigenvalue weighted by Crippen LogP contribution is -2.10. The molecule has 4 nitrogen and oxygen atoms in total. The summed E-state index contributed by atoms with van der Waals surface area (Å²) in [5.41, 5.74) is 4.79. The van der Waals surface area contributed by atoms with E-state index in [9.17, 15) is 13.2 Å². The van der Waals surface area contributed by atoms with Crippen molar-refractivity contribution in [2.75, 3.05) is 18.2 Å². The fraction of sp³-hybridized carbons (Fsp3) is 0.154. The summed E-state index contributed by atoms with van der Waals surface area (Å²) in [6, 6.07) is 6.38. The number of hydrogen-bond acceptors (Lipinski definition) is 4. The van der Waals surface area contributed by atoms with Crippen LogP contribution in [0, 0.1) is 0 Å². The number of alkyl halides is 3. The molecule has 0 atom stereocenters. The number of nitrogens with zero attached hydrogens (tertiary/aromatic N) is 1. The number of methoxy groups -OCH3 is 1. The monoisotopic (exact) mass is 317 g/mol. The van der Waals surface area contributed by atoms with Crippen molar-refractivity contribution >= 4 is 28.8 Å². The standard InChI is InChI=1S/C13H11ClF3N3O/c1-21-11-5-3-9(18)12(20-11)19-10-4-2-7(14)6-8(10)13(15,16)17/h2-6H,18H2,1H3,(H,19,20). The molecular formula is C13H11ClF3N3O. The Bertz CT molecular complexity index is 662. The number of ether oxygens (including phenoxy) is 1. The maximum Gasteiger partial charge on any atom is 0.418 e. The minimum Gasteiger partial charge on any atom is -0.481 e. The molecule has 0 aliphatic carbocycles. The molecule has 0 aliphatic rings. The lowest BCUT2D eigenvalue weighted by molar-refractivity contribution is -0.136. The lowest BCUT2D eigenvalue weighted by Gasteiger charge is -2.15. The first-order valence-electron chi connectivity index (χ1n) is 5.75. The molecule has 2 rings (SSSR count). The van der Waals surface area contributed by atoms with Gasteiger partial charge in [0, 0.05) is 11.1 Å². The predicted octanol–water partition coefficient (Wildman–Crippen LogP) is 4.09. The van der Waals surface area contributed by atoms with Crippen molar-refractivity contribution in [2.45, 2.75) is 6.18 Å². The molecule has 2 aromatic rings. The Hall–Kier alpha value is -2.15. The third-order valence-corrected chi connectivity index (χ3v) is 2.89. The molecule has 3 N–H and O–H groups in total. The average molecular weight is 318 g/mol. The zero-order valence-corrected chi connectivity index (χ0v) is 11.6. The number of pyridine rings is 1. The van der Waals surface area contributed by atoms with Crippen LogP contribution in [0.15, 0.2) is 30.3 Å². The summed E-state index contributed by atoms with van der Waals surface area (Å²) in [5, 5.41) is 2.54. The van der Waals surface area contributed by atoms with Gasteiger partial charge >= 0.3 is 6.18 Å². The summed E-state index contributed by atoms with van der Waals surface area (Å²) < 4.78 is 43.9. The Labute approximate surface area is 123 Å². The summed E-state index contributed by atoms with van der Waals surface area (Å²) in [6.45, 7) is 0. The van der Waals surface area contributed by atoms with Crippen LogP contribution in [0.25, 0.3) is 0 Å². The van der Waals surface area contributed by atoms with Gasteiger partial charge in [0.05, 0.1) is 24.0 Å². The van der Waals surface area contributed by atoms with Crippen molar-refractivity contribution in [1.29, 1.82) is 0 Å². The summed E-state index contributed by atoms with van der Waals surface area (Å²) in [5.74, 6) is 0.302. The van der Waals surface area contributed by atoms with Gasteiger partial charge in [0.25, 0.3) is 0 Å². The van der Waals surface area contributed by atoms with Gasteiger partial charge in [-0.25, -0.2) is 0 Å². The molecule has 0 spiro atoms. The molecule has 0 radical (unpaired) electrons. The van der Waals surface area contributed by atoms with Crippen LogP contribution in [0.3, 0.4) is 0 Å². The number of benzene rings is 1. The highest BCUT2D eigenvalue weighted by atomic mass is 35.5. The smallest absolute Gasteiger partial charge is 0.418 e. The summed E-state index contributed by atoms with van der Waals surface area (Å²) in [7, 11) is 1.39. The van der Waals surface area contributed by atoms with Gasteiger partial charge in [0.2, 0.25) is 5.88 Å². The molecule has 112 valence electrons. The largest absolute Gasteiger partial charge is 0.481 e. The van der Waals surface area contributed by atoms with Gasteiger partial charge in [0.15, 0.2) is 5.82 Å². The van der Waals surface area contributed by atoms with Crippen LogP contribution in [0.1, 0.15) is 5.56 Å². The molecule has 0 unspecified atom stereocenters. The van der Waals surface area contributed by atoms with Crippen molar-refractivity contribution in [1.82, 2.24) is 4.98 Å². The number of halogens is 4. The van der Waals surface area contributed by atoms with E-state index in [0.717, 1.165) is 6.07 Å².